The predicted molar refractivity (Wildman–Crippen MR) is 93.0 cm³/mol. The van der Waals surface area contributed by atoms with Crippen LogP contribution < -0.4 is 0 Å². The molecule has 2 atom stereocenters. The average Bonchev–Trinajstić information content (AvgIpc) is 2.52. The number of rotatable bonds is 4. The molecule has 0 amide bonds. The van der Waals surface area contributed by atoms with Crippen molar-refractivity contribution in [2.24, 2.45) is 5.16 Å². The first-order valence-electron chi connectivity index (χ1n) is 6.37. The molecule has 0 saturated heterocycles. The first kappa shape index (κ1) is 18.7. The molecule has 11 heteroatoms. The molecule has 2 rings (SSSR count). The van der Waals surface area contributed by atoms with Crippen LogP contribution in [-0.2, 0) is 19.2 Å². The lowest BCUT2D eigenvalue weighted by Gasteiger charge is -2.28. The van der Waals surface area contributed by atoms with Gasteiger partial charge >= 0.3 is 10.1 Å². The lowest BCUT2D eigenvalue weighted by molar-refractivity contribution is -0.384. The van der Waals surface area contributed by atoms with E-state index < -0.39 is 24.2 Å². The Kier molecular flexibility index (Phi) is 5.25. The van der Waals surface area contributed by atoms with Gasteiger partial charge in [-0.15, -0.1) is 0 Å². The fraction of sp³-hybridized carbons (Fsp3) is 0.231. The molecule has 1 aliphatic carbocycles. The summed E-state index contributed by atoms with van der Waals surface area (Å²) in [6.07, 6.45) is 2.60. The molecule has 0 spiro atoms. The maximum absolute atomic E-state index is 12.1. The minimum absolute atomic E-state index is 0.194. The number of allylic oxidation sites excluding steroid dienone is 2. The number of alkyl halides is 2. The van der Waals surface area contributed by atoms with Gasteiger partial charge in [-0.1, -0.05) is 37.0 Å². The molecule has 0 heterocycles. The molecular formula is C13H10Br2N2O6S. The number of hydrogen-bond acceptors (Lipinski definition) is 7. The summed E-state index contributed by atoms with van der Waals surface area (Å²) in [6, 6.07) is 4.19. The van der Waals surface area contributed by atoms with Gasteiger partial charge in [0.15, 0.2) is 5.78 Å². The number of halogens is 2. The number of carbonyl (C=O) groups is 1. The fourth-order valence-electron chi connectivity index (χ4n) is 1.76. The summed E-state index contributed by atoms with van der Waals surface area (Å²) in [5.74, 6) is -0.207. The summed E-state index contributed by atoms with van der Waals surface area (Å²) < 4.78 is 27.8. The zero-order valence-corrected chi connectivity index (χ0v) is 16.0. The Labute approximate surface area is 154 Å². The van der Waals surface area contributed by atoms with Crippen molar-refractivity contribution in [2.75, 3.05) is 0 Å². The van der Waals surface area contributed by atoms with Gasteiger partial charge < -0.3 is 0 Å². The van der Waals surface area contributed by atoms with Crippen LogP contribution >= 0.6 is 31.9 Å². The molecule has 1 aliphatic rings. The molecule has 128 valence electrons. The van der Waals surface area contributed by atoms with Crippen molar-refractivity contribution in [1.82, 2.24) is 0 Å². The Balaban J connectivity index is 2.25. The van der Waals surface area contributed by atoms with Gasteiger partial charge in [0, 0.05) is 12.1 Å². The van der Waals surface area contributed by atoms with Crippen LogP contribution in [0.4, 0.5) is 5.69 Å². The summed E-state index contributed by atoms with van der Waals surface area (Å²) >= 11 is 6.52. The van der Waals surface area contributed by atoms with Gasteiger partial charge in [-0.2, -0.15) is 8.42 Å². The summed E-state index contributed by atoms with van der Waals surface area (Å²) in [5, 5.41) is 14.2. The molecule has 2 unspecified atom stereocenters. The molecule has 0 saturated carbocycles. The quantitative estimate of drug-likeness (QED) is 0.370. The van der Waals surface area contributed by atoms with E-state index in [1.165, 1.54) is 12.2 Å². The molecule has 0 aliphatic heterocycles. The number of nitro benzene ring substituents is 1. The van der Waals surface area contributed by atoms with Crippen LogP contribution in [0.15, 0.2) is 46.5 Å². The van der Waals surface area contributed by atoms with Crippen LogP contribution in [0.5, 0.6) is 0 Å². The number of oxime groups is 1. The number of ketones is 1. The lowest BCUT2D eigenvalue weighted by Crippen LogP contribution is -2.44. The number of nitrogens with zero attached hydrogens (tertiary/aromatic N) is 2. The highest BCUT2D eigenvalue weighted by molar-refractivity contribution is 9.13. The monoisotopic (exact) mass is 480 g/mol. The van der Waals surface area contributed by atoms with E-state index in [9.17, 15) is 23.3 Å². The van der Waals surface area contributed by atoms with E-state index in [1.807, 2.05) is 0 Å². The van der Waals surface area contributed by atoms with Crippen LogP contribution in [0.2, 0.25) is 0 Å². The highest BCUT2D eigenvalue weighted by Crippen LogP contribution is 2.33. The summed E-state index contributed by atoms with van der Waals surface area (Å²) in [4.78, 5) is 20.8. The van der Waals surface area contributed by atoms with E-state index in [4.69, 9.17) is 0 Å². The molecule has 0 aromatic heterocycles. The average molecular weight is 482 g/mol. The first-order valence-corrected chi connectivity index (χ1v) is 9.49. The molecule has 1 aromatic carbocycles. The molecule has 1 aromatic rings. The molecule has 24 heavy (non-hydrogen) atoms. The van der Waals surface area contributed by atoms with Gasteiger partial charge in [0.25, 0.3) is 5.69 Å². The van der Waals surface area contributed by atoms with Crippen LogP contribution in [0.25, 0.3) is 0 Å². The van der Waals surface area contributed by atoms with Gasteiger partial charge in [0.05, 0.1) is 15.5 Å². The van der Waals surface area contributed by atoms with Gasteiger partial charge in [-0.3, -0.25) is 19.2 Å². The second kappa shape index (κ2) is 6.73. The summed E-state index contributed by atoms with van der Waals surface area (Å²) in [5.41, 5.74) is -0.0518. The van der Waals surface area contributed by atoms with E-state index in [0.717, 1.165) is 24.3 Å². The summed E-state index contributed by atoms with van der Waals surface area (Å²) in [6.45, 7) is 1.61. The highest BCUT2D eigenvalue weighted by Gasteiger charge is 2.41. The minimum atomic E-state index is -4.24. The van der Waals surface area contributed by atoms with Crippen LogP contribution in [-0.4, -0.2) is 34.0 Å². The van der Waals surface area contributed by atoms with Crippen molar-refractivity contribution >= 4 is 59.2 Å². The largest absolute Gasteiger partial charge is 0.358 e. The predicted octanol–water partition coefficient (Wildman–Crippen LogP) is 2.71. The van der Waals surface area contributed by atoms with E-state index in [1.54, 1.807) is 6.92 Å². The Morgan fingerprint density at radius 2 is 1.88 bits per heavy atom. The number of carbonyl (C=O) groups excluding carboxylic acids is 1. The topological polar surface area (TPSA) is 116 Å². The maximum atomic E-state index is 12.1. The van der Waals surface area contributed by atoms with E-state index in [-0.39, 0.29) is 22.1 Å². The summed E-state index contributed by atoms with van der Waals surface area (Å²) in [7, 11) is -4.24. The van der Waals surface area contributed by atoms with Gasteiger partial charge in [0.1, 0.15) is 9.22 Å². The van der Waals surface area contributed by atoms with E-state index in [2.05, 4.69) is 41.3 Å². The van der Waals surface area contributed by atoms with Gasteiger partial charge in [0.2, 0.25) is 0 Å². The number of nitro groups is 1. The third-order valence-electron chi connectivity index (χ3n) is 3.20. The van der Waals surface area contributed by atoms with Crippen molar-refractivity contribution in [3.8, 4) is 0 Å². The van der Waals surface area contributed by atoms with Crippen molar-refractivity contribution in [3.05, 3.63) is 46.5 Å². The number of non-ortho nitro benzene ring substituents is 1. The Bertz CT molecular complexity index is 846. The van der Waals surface area contributed by atoms with Crippen molar-refractivity contribution < 1.29 is 22.4 Å². The van der Waals surface area contributed by atoms with Gasteiger partial charge in [-0.25, -0.2) is 0 Å². The molecule has 0 radical (unpaired) electrons. The second-order valence-electron chi connectivity index (χ2n) is 4.93. The Hall–Kier alpha value is -1.59. The van der Waals surface area contributed by atoms with Crippen molar-refractivity contribution in [1.29, 1.82) is 0 Å². The maximum Gasteiger partial charge on any atom is 0.358 e. The van der Waals surface area contributed by atoms with Crippen molar-refractivity contribution in [3.63, 3.8) is 0 Å². The normalized spacial score (nSPS) is 25.7. The third kappa shape index (κ3) is 3.73. The Morgan fingerprint density at radius 1 is 1.29 bits per heavy atom. The zero-order valence-electron chi connectivity index (χ0n) is 12.0. The van der Waals surface area contributed by atoms with E-state index >= 15 is 0 Å². The molecule has 0 bridgehead atoms. The van der Waals surface area contributed by atoms with E-state index in [0.29, 0.717) is 0 Å². The molecular weight excluding hydrogens is 472 g/mol. The SMILES string of the molecule is CC1(Br)C(=O)C=C/C(=N/OS(=O)(=O)c2ccc([N+](=O)[O-])cc2)C1Br. The second-order valence-corrected chi connectivity index (χ2v) is 9.02. The fourth-order valence-corrected chi connectivity index (χ4v) is 3.33. The lowest BCUT2D eigenvalue weighted by atomic mass is 9.93. The first-order chi connectivity index (χ1) is 11.1. The highest BCUT2D eigenvalue weighted by atomic mass is 79.9. The minimum Gasteiger partial charge on any atom is -0.293 e. The molecule has 0 N–H and O–H groups in total. The third-order valence-corrected chi connectivity index (χ3v) is 7.17. The molecule has 0 fully saturated rings. The molecule has 8 nitrogen and oxygen atoms in total. The smallest absolute Gasteiger partial charge is 0.293 e. The zero-order chi connectivity index (χ0) is 18.1. The van der Waals surface area contributed by atoms with Crippen molar-refractivity contribution in [2.45, 2.75) is 21.0 Å². The standard InChI is InChI=1S/C13H10Br2N2O6S/c1-13(15)11(18)7-6-10(12(13)14)16-23-24(21,22)9-4-2-8(3-5-9)17(19)20/h2-7,12H,1H3/b16-10-. The van der Waals surface area contributed by atoms with Crippen LogP contribution in [0.1, 0.15) is 6.92 Å². The number of benzene rings is 1. The Morgan fingerprint density at radius 3 is 2.42 bits per heavy atom. The van der Waals surface area contributed by atoms with Crippen LogP contribution in [0.3, 0.4) is 0 Å². The van der Waals surface area contributed by atoms with Crippen LogP contribution in [0, 0.1) is 10.1 Å². The number of hydrogen-bond donors (Lipinski definition) is 0. The van der Waals surface area contributed by atoms with Gasteiger partial charge in [-0.05, 0) is 31.2 Å².